The number of carbonyl (C=O) groups excluding carboxylic acids is 4. The molecule has 1 fully saturated rings. The molecular formula is C23H23N5O5. The van der Waals surface area contributed by atoms with Gasteiger partial charge in [0.1, 0.15) is 6.54 Å². The van der Waals surface area contributed by atoms with Crippen molar-refractivity contribution >= 4 is 35.1 Å². The lowest BCUT2D eigenvalue weighted by molar-refractivity contribution is -0.123. The van der Waals surface area contributed by atoms with E-state index >= 15 is 0 Å². The van der Waals surface area contributed by atoms with Crippen LogP contribution in [-0.4, -0.2) is 53.9 Å². The van der Waals surface area contributed by atoms with Crippen LogP contribution < -0.4 is 10.2 Å². The Kier molecular flexibility index (Phi) is 5.91. The van der Waals surface area contributed by atoms with Gasteiger partial charge in [-0.1, -0.05) is 23.4 Å². The Hall–Kier alpha value is -4.08. The highest BCUT2D eigenvalue weighted by Gasteiger charge is 2.55. The average molecular weight is 449 g/mol. The number of esters is 1. The van der Waals surface area contributed by atoms with E-state index in [0.29, 0.717) is 5.69 Å². The number of imide groups is 1. The molecule has 2 aliphatic rings. The summed E-state index contributed by atoms with van der Waals surface area (Å²) in [5.41, 5.74) is 2.79. The lowest BCUT2D eigenvalue weighted by atomic mass is 10.1. The van der Waals surface area contributed by atoms with Crippen molar-refractivity contribution in [3.8, 4) is 0 Å². The Morgan fingerprint density at radius 3 is 2.45 bits per heavy atom. The number of hydrogen-bond donors (Lipinski definition) is 1. The fraction of sp³-hybridized carbons (Fsp3) is 0.304. The molecule has 3 amide bonds. The zero-order valence-corrected chi connectivity index (χ0v) is 18.4. The van der Waals surface area contributed by atoms with E-state index in [1.807, 2.05) is 19.9 Å². The number of rotatable bonds is 6. The SMILES string of the molecule is CCOC(=O)c1ccccc1NC(=O)CN1N=N[C@@H]2C(=O)N(c3cc(C)cc(C)c3)C(=O)[C@H]21. The maximum absolute atomic E-state index is 13.1. The van der Waals surface area contributed by atoms with E-state index in [-0.39, 0.29) is 24.4 Å². The maximum Gasteiger partial charge on any atom is 0.340 e. The molecule has 170 valence electrons. The van der Waals surface area contributed by atoms with Gasteiger partial charge in [-0.3, -0.25) is 19.4 Å². The van der Waals surface area contributed by atoms with E-state index in [9.17, 15) is 19.2 Å². The zero-order valence-electron chi connectivity index (χ0n) is 18.4. The number of nitrogens with one attached hydrogen (secondary N) is 1. The molecule has 10 heteroatoms. The summed E-state index contributed by atoms with van der Waals surface area (Å²) in [7, 11) is 0. The van der Waals surface area contributed by atoms with E-state index in [4.69, 9.17) is 4.74 Å². The molecule has 2 aliphatic heterocycles. The van der Waals surface area contributed by atoms with Gasteiger partial charge < -0.3 is 10.1 Å². The van der Waals surface area contributed by atoms with Crippen LogP contribution in [0.4, 0.5) is 11.4 Å². The van der Waals surface area contributed by atoms with Crippen LogP contribution in [0.3, 0.4) is 0 Å². The number of aryl methyl sites for hydroxylation is 2. The van der Waals surface area contributed by atoms with Gasteiger partial charge in [-0.2, -0.15) is 5.11 Å². The topological polar surface area (TPSA) is 121 Å². The highest BCUT2D eigenvalue weighted by molar-refractivity contribution is 6.25. The van der Waals surface area contributed by atoms with Crippen LogP contribution in [0.5, 0.6) is 0 Å². The van der Waals surface area contributed by atoms with Crippen molar-refractivity contribution in [2.45, 2.75) is 32.9 Å². The molecule has 0 radical (unpaired) electrons. The van der Waals surface area contributed by atoms with E-state index in [1.165, 1.54) is 5.01 Å². The molecule has 0 bridgehead atoms. The number of amides is 3. The number of hydrogen-bond acceptors (Lipinski definition) is 8. The van der Waals surface area contributed by atoms with Crippen molar-refractivity contribution in [3.05, 3.63) is 59.2 Å². The van der Waals surface area contributed by atoms with Crippen molar-refractivity contribution in [2.24, 2.45) is 10.3 Å². The first kappa shape index (κ1) is 22.1. The number of nitrogens with zero attached hydrogens (tertiary/aromatic N) is 4. The van der Waals surface area contributed by atoms with Gasteiger partial charge in [0.25, 0.3) is 11.8 Å². The highest BCUT2D eigenvalue weighted by Crippen LogP contribution is 2.32. The molecule has 0 aliphatic carbocycles. The van der Waals surface area contributed by atoms with Crippen molar-refractivity contribution in [2.75, 3.05) is 23.4 Å². The first-order valence-corrected chi connectivity index (χ1v) is 10.5. The van der Waals surface area contributed by atoms with Crippen LogP contribution in [-0.2, 0) is 19.1 Å². The summed E-state index contributed by atoms with van der Waals surface area (Å²) in [6.45, 7) is 5.34. The largest absolute Gasteiger partial charge is 0.462 e. The Bertz CT molecular complexity index is 1160. The highest BCUT2D eigenvalue weighted by atomic mass is 16.5. The number of benzene rings is 2. The Morgan fingerprint density at radius 1 is 1.06 bits per heavy atom. The summed E-state index contributed by atoms with van der Waals surface area (Å²) in [4.78, 5) is 52.0. The summed E-state index contributed by atoms with van der Waals surface area (Å²) in [5, 5.41) is 11.7. The summed E-state index contributed by atoms with van der Waals surface area (Å²) in [5.74, 6) is -2.04. The van der Waals surface area contributed by atoms with E-state index < -0.39 is 35.8 Å². The van der Waals surface area contributed by atoms with Gasteiger partial charge in [0.15, 0.2) is 12.1 Å². The number of carbonyl (C=O) groups is 4. The van der Waals surface area contributed by atoms with Gasteiger partial charge in [-0.05, 0) is 56.2 Å². The van der Waals surface area contributed by atoms with Crippen LogP contribution >= 0.6 is 0 Å². The fourth-order valence-corrected chi connectivity index (χ4v) is 4.00. The van der Waals surface area contributed by atoms with E-state index in [2.05, 4.69) is 15.7 Å². The van der Waals surface area contributed by atoms with Gasteiger partial charge in [-0.25, -0.2) is 9.69 Å². The average Bonchev–Trinajstić information content (AvgIpc) is 3.27. The monoisotopic (exact) mass is 449 g/mol. The van der Waals surface area contributed by atoms with Crippen LogP contribution in [0.15, 0.2) is 52.8 Å². The molecule has 1 saturated heterocycles. The third kappa shape index (κ3) is 4.19. The summed E-state index contributed by atoms with van der Waals surface area (Å²) < 4.78 is 5.01. The number of anilines is 2. The lowest BCUT2D eigenvalue weighted by Gasteiger charge is -2.21. The fourth-order valence-electron chi connectivity index (χ4n) is 4.00. The second kappa shape index (κ2) is 8.81. The molecular weight excluding hydrogens is 426 g/mol. The standard InChI is InChI=1S/C23H23N5O5/c1-4-33-23(32)16-7-5-6-8-17(16)24-18(29)12-27-20-19(25-26-27)21(30)28(22(20)31)15-10-13(2)9-14(3)11-15/h5-11,19-20H,4,12H2,1-3H3,(H,24,29)/t19-,20-/m0/s1. The van der Waals surface area contributed by atoms with Gasteiger partial charge >= 0.3 is 5.97 Å². The first-order valence-electron chi connectivity index (χ1n) is 10.5. The van der Waals surface area contributed by atoms with Gasteiger partial charge in [0.05, 0.1) is 23.5 Å². The molecule has 1 N–H and O–H groups in total. The summed E-state index contributed by atoms with van der Waals surface area (Å²) in [6, 6.07) is 9.90. The molecule has 0 saturated carbocycles. The number of ether oxygens (including phenoxy) is 1. The molecule has 33 heavy (non-hydrogen) atoms. The molecule has 0 spiro atoms. The van der Waals surface area contributed by atoms with Crippen molar-refractivity contribution in [1.82, 2.24) is 5.01 Å². The van der Waals surface area contributed by atoms with Crippen LogP contribution in [0, 0.1) is 13.8 Å². The Morgan fingerprint density at radius 2 is 1.76 bits per heavy atom. The number of para-hydroxylation sites is 1. The van der Waals surface area contributed by atoms with Crippen LogP contribution in [0.1, 0.15) is 28.4 Å². The van der Waals surface area contributed by atoms with Gasteiger partial charge in [0.2, 0.25) is 5.91 Å². The maximum atomic E-state index is 13.1. The summed E-state index contributed by atoms with van der Waals surface area (Å²) in [6.07, 6.45) is 0. The minimum Gasteiger partial charge on any atom is -0.462 e. The predicted molar refractivity (Wildman–Crippen MR) is 119 cm³/mol. The second-order valence-electron chi connectivity index (χ2n) is 7.86. The summed E-state index contributed by atoms with van der Waals surface area (Å²) >= 11 is 0. The quantitative estimate of drug-likeness (QED) is 0.534. The first-order chi connectivity index (χ1) is 15.8. The molecule has 2 aromatic carbocycles. The van der Waals surface area contributed by atoms with Crippen LogP contribution in [0.2, 0.25) is 0 Å². The van der Waals surface area contributed by atoms with Crippen molar-refractivity contribution in [1.29, 1.82) is 0 Å². The van der Waals surface area contributed by atoms with Gasteiger partial charge in [0, 0.05) is 0 Å². The molecule has 2 atom stereocenters. The lowest BCUT2D eigenvalue weighted by Crippen LogP contribution is -2.43. The third-order valence-corrected chi connectivity index (χ3v) is 5.32. The van der Waals surface area contributed by atoms with E-state index in [1.54, 1.807) is 43.3 Å². The second-order valence-corrected chi connectivity index (χ2v) is 7.86. The zero-order chi connectivity index (χ0) is 23.7. The van der Waals surface area contributed by atoms with Crippen LogP contribution in [0.25, 0.3) is 0 Å². The Labute approximate surface area is 190 Å². The molecule has 4 rings (SSSR count). The molecule has 10 nitrogen and oxygen atoms in total. The van der Waals surface area contributed by atoms with E-state index in [0.717, 1.165) is 16.0 Å². The smallest absolute Gasteiger partial charge is 0.340 e. The number of fused-ring (bicyclic) bond motifs is 1. The molecule has 2 heterocycles. The minimum atomic E-state index is -1.00. The molecule has 0 aromatic heterocycles. The van der Waals surface area contributed by atoms with Crippen molar-refractivity contribution < 1.29 is 23.9 Å². The predicted octanol–water partition coefficient (Wildman–Crippen LogP) is 2.41. The third-order valence-electron chi connectivity index (χ3n) is 5.32. The normalized spacial score (nSPS) is 19.1. The molecule has 2 aromatic rings. The van der Waals surface area contributed by atoms with Gasteiger partial charge in [-0.15, -0.1) is 0 Å². The Balaban J connectivity index is 1.50. The minimum absolute atomic E-state index is 0.200. The molecule has 0 unspecified atom stereocenters. The van der Waals surface area contributed by atoms with Crippen molar-refractivity contribution in [3.63, 3.8) is 0 Å².